The predicted octanol–water partition coefficient (Wildman–Crippen LogP) is 5.11. The fourth-order valence-corrected chi connectivity index (χ4v) is 3.36. The van der Waals surface area contributed by atoms with Gasteiger partial charge >= 0.3 is 0 Å². The Kier molecular flexibility index (Phi) is 4.88. The minimum absolute atomic E-state index is 0.666. The van der Waals surface area contributed by atoms with Gasteiger partial charge in [0.2, 0.25) is 0 Å². The van der Waals surface area contributed by atoms with Crippen LogP contribution < -0.4 is 5.32 Å². The first-order valence-electron chi connectivity index (χ1n) is 5.03. The second-order valence-corrected chi connectivity index (χ2v) is 6.23. The van der Waals surface area contributed by atoms with Gasteiger partial charge in [0, 0.05) is 32.5 Å². The first-order valence-corrected chi connectivity index (χ1v) is 7.46. The smallest absolute Gasteiger partial charge is 0.0465 e. The zero-order valence-corrected chi connectivity index (χ0v) is 12.8. The summed E-state index contributed by atoms with van der Waals surface area (Å²) in [5.41, 5.74) is 1.06. The molecular weight excluding hydrogens is 341 g/mol. The molecule has 90 valence electrons. The Bertz CT molecular complexity index is 513. The van der Waals surface area contributed by atoms with Gasteiger partial charge in [0.25, 0.3) is 0 Å². The van der Waals surface area contributed by atoms with Crippen LogP contribution in [0.2, 0.25) is 10.0 Å². The number of hydrogen-bond acceptors (Lipinski definition) is 2. The van der Waals surface area contributed by atoms with E-state index in [0.717, 1.165) is 23.1 Å². The molecule has 0 amide bonds. The minimum atomic E-state index is 0.666. The van der Waals surface area contributed by atoms with Gasteiger partial charge in [-0.2, -0.15) is 0 Å². The fourth-order valence-electron chi connectivity index (χ4n) is 1.43. The van der Waals surface area contributed by atoms with Crippen molar-refractivity contribution in [2.45, 2.75) is 13.1 Å². The van der Waals surface area contributed by atoms with E-state index in [4.69, 9.17) is 23.2 Å². The summed E-state index contributed by atoms with van der Waals surface area (Å²) < 4.78 is 1.15. The lowest BCUT2D eigenvalue weighted by atomic mass is 10.2. The van der Waals surface area contributed by atoms with Crippen LogP contribution >= 0.6 is 50.5 Å². The first kappa shape index (κ1) is 13.4. The van der Waals surface area contributed by atoms with Crippen LogP contribution in [0.15, 0.2) is 34.1 Å². The molecule has 0 bridgehead atoms. The van der Waals surface area contributed by atoms with Crippen molar-refractivity contribution in [2.24, 2.45) is 0 Å². The topological polar surface area (TPSA) is 12.0 Å². The van der Waals surface area contributed by atoms with Gasteiger partial charge in [-0.3, -0.25) is 0 Å². The molecule has 0 radical (unpaired) electrons. The maximum Gasteiger partial charge on any atom is 0.0465 e. The van der Waals surface area contributed by atoms with E-state index in [-0.39, 0.29) is 0 Å². The molecule has 1 heterocycles. The Hall–Kier alpha value is -0.0600. The molecule has 5 heteroatoms. The summed E-state index contributed by atoms with van der Waals surface area (Å²) in [6.45, 7) is 1.57. The Morgan fingerprint density at radius 1 is 1.18 bits per heavy atom. The Balaban J connectivity index is 1.92. The lowest BCUT2D eigenvalue weighted by Gasteiger charge is -2.06. The van der Waals surface area contributed by atoms with Crippen molar-refractivity contribution in [3.05, 3.63) is 54.6 Å². The predicted molar refractivity (Wildman–Crippen MR) is 79.0 cm³/mol. The molecule has 0 unspecified atom stereocenters. The number of halogens is 3. The molecule has 1 aromatic heterocycles. The summed E-state index contributed by atoms with van der Waals surface area (Å²) in [5.74, 6) is 0. The van der Waals surface area contributed by atoms with E-state index in [1.54, 1.807) is 17.4 Å². The summed E-state index contributed by atoms with van der Waals surface area (Å²) in [6.07, 6.45) is 0. The molecule has 0 fully saturated rings. The molecule has 17 heavy (non-hydrogen) atoms. The SMILES string of the molecule is Clc1ccc(CNCc2sccc2Br)c(Cl)c1. The summed E-state index contributed by atoms with van der Waals surface area (Å²) in [7, 11) is 0. The van der Waals surface area contributed by atoms with Crippen LogP contribution in [0.25, 0.3) is 0 Å². The molecular formula is C12H10BrCl2NS. The van der Waals surface area contributed by atoms with Crippen LogP contribution in [0.1, 0.15) is 10.4 Å². The summed E-state index contributed by atoms with van der Waals surface area (Å²) >= 11 is 17.2. The highest BCUT2D eigenvalue weighted by atomic mass is 79.9. The van der Waals surface area contributed by atoms with Crippen molar-refractivity contribution < 1.29 is 0 Å². The third kappa shape index (κ3) is 3.70. The summed E-state index contributed by atoms with van der Waals surface area (Å²) in [5, 5.41) is 6.79. The van der Waals surface area contributed by atoms with Crippen molar-refractivity contribution in [1.82, 2.24) is 5.32 Å². The van der Waals surface area contributed by atoms with Gasteiger partial charge in [-0.1, -0.05) is 29.3 Å². The average molecular weight is 351 g/mol. The zero-order valence-electron chi connectivity index (χ0n) is 8.84. The maximum absolute atomic E-state index is 6.09. The van der Waals surface area contributed by atoms with Crippen LogP contribution in [0.4, 0.5) is 0 Å². The molecule has 2 aromatic rings. The molecule has 1 aromatic carbocycles. The van der Waals surface area contributed by atoms with Gasteiger partial charge < -0.3 is 5.32 Å². The van der Waals surface area contributed by atoms with Crippen molar-refractivity contribution >= 4 is 50.5 Å². The second kappa shape index (κ2) is 6.21. The van der Waals surface area contributed by atoms with E-state index in [1.165, 1.54) is 4.88 Å². The van der Waals surface area contributed by atoms with Gasteiger partial charge in [0.1, 0.15) is 0 Å². The van der Waals surface area contributed by atoms with Crippen molar-refractivity contribution in [3.8, 4) is 0 Å². The van der Waals surface area contributed by atoms with Gasteiger partial charge in [-0.05, 0) is 45.1 Å². The van der Waals surface area contributed by atoms with E-state index in [0.29, 0.717) is 10.0 Å². The van der Waals surface area contributed by atoms with Crippen LogP contribution in [-0.2, 0) is 13.1 Å². The zero-order chi connectivity index (χ0) is 12.3. The van der Waals surface area contributed by atoms with E-state index in [2.05, 4.69) is 32.7 Å². The first-order chi connectivity index (χ1) is 8.16. The highest BCUT2D eigenvalue weighted by Gasteiger charge is 2.03. The van der Waals surface area contributed by atoms with Crippen molar-refractivity contribution in [3.63, 3.8) is 0 Å². The molecule has 1 nitrogen and oxygen atoms in total. The number of nitrogens with one attached hydrogen (secondary N) is 1. The summed E-state index contributed by atoms with van der Waals surface area (Å²) in [6, 6.07) is 7.62. The summed E-state index contributed by atoms with van der Waals surface area (Å²) in [4.78, 5) is 1.29. The lowest BCUT2D eigenvalue weighted by Crippen LogP contribution is -2.12. The third-order valence-corrected chi connectivity index (χ3v) is 4.82. The van der Waals surface area contributed by atoms with Crippen LogP contribution in [-0.4, -0.2) is 0 Å². The quantitative estimate of drug-likeness (QED) is 0.808. The molecule has 0 aliphatic carbocycles. The van der Waals surface area contributed by atoms with Crippen LogP contribution in [0.3, 0.4) is 0 Å². The van der Waals surface area contributed by atoms with Gasteiger partial charge in [0.15, 0.2) is 0 Å². The maximum atomic E-state index is 6.09. The average Bonchev–Trinajstić information content (AvgIpc) is 2.68. The number of rotatable bonds is 4. The molecule has 0 atom stereocenters. The fraction of sp³-hybridized carbons (Fsp3) is 0.167. The van der Waals surface area contributed by atoms with Crippen LogP contribution in [0.5, 0.6) is 0 Å². The number of benzene rings is 1. The van der Waals surface area contributed by atoms with Crippen molar-refractivity contribution in [1.29, 1.82) is 0 Å². The van der Waals surface area contributed by atoms with Crippen LogP contribution in [0, 0.1) is 0 Å². The monoisotopic (exact) mass is 349 g/mol. The van der Waals surface area contributed by atoms with E-state index < -0.39 is 0 Å². The molecule has 1 N–H and O–H groups in total. The Morgan fingerprint density at radius 2 is 2.00 bits per heavy atom. The van der Waals surface area contributed by atoms with Crippen molar-refractivity contribution in [2.75, 3.05) is 0 Å². The standard InChI is InChI=1S/C12H10BrCl2NS/c13-10-3-4-17-12(10)7-16-6-8-1-2-9(14)5-11(8)15/h1-5,16H,6-7H2. The van der Waals surface area contributed by atoms with Gasteiger partial charge in [-0.25, -0.2) is 0 Å². The molecule has 0 aliphatic heterocycles. The molecule has 0 aliphatic rings. The van der Waals surface area contributed by atoms with E-state index >= 15 is 0 Å². The van der Waals surface area contributed by atoms with E-state index in [9.17, 15) is 0 Å². The largest absolute Gasteiger partial charge is 0.308 e. The normalized spacial score (nSPS) is 10.8. The Morgan fingerprint density at radius 3 is 2.65 bits per heavy atom. The Labute approximate surface area is 123 Å². The highest BCUT2D eigenvalue weighted by molar-refractivity contribution is 9.10. The highest BCUT2D eigenvalue weighted by Crippen LogP contribution is 2.23. The third-order valence-electron chi connectivity index (χ3n) is 2.31. The molecule has 2 rings (SSSR count). The molecule has 0 spiro atoms. The second-order valence-electron chi connectivity index (χ2n) is 3.53. The molecule has 0 saturated heterocycles. The minimum Gasteiger partial charge on any atom is -0.308 e. The van der Waals surface area contributed by atoms with Gasteiger partial charge in [0.05, 0.1) is 0 Å². The van der Waals surface area contributed by atoms with Gasteiger partial charge in [-0.15, -0.1) is 11.3 Å². The lowest BCUT2D eigenvalue weighted by molar-refractivity contribution is 0.699. The molecule has 0 saturated carbocycles. The number of thiophene rings is 1. The number of hydrogen-bond donors (Lipinski definition) is 1. The van der Waals surface area contributed by atoms with E-state index in [1.807, 2.05) is 12.1 Å².